The van der Waals surface area contributed by atoms with Crippen molar-refractivity contribution in [3.8, 4) is 0 Å². The van der Waals surface area contributed by atoms with Crippen molar-refractivity contribution in [2.24, 2.45) is 5.41 Å². The number of nitrogens with zero attached hydrogens (tertiary/aromatic N) is 1. The van der Waals surface area contributed by atoms with Crippen LogP contribution in [-0.2, 0) is 29.0 Å². The fraction of sp³-hybridized carbons (Fsp3) is 0.444. The number of carbonyl (C=O) groups is 3. The van der Waals surface area contributed by atoms with Crippen LogP contribution in [0.1, 0.15) is 52.4 Å². The van der Waals surface area contributed by atoms with Crippen LogP contribution in [0, 0.1) is 12.3 Å². The summed E-state index contributed by atoms with van der Waals surface area (Å²) in [6, 6.07) is 11.0. The van der Waals surface area contributed by atoms with Gasteiger partial charge in [-0.15, -0.1) is 0 Å². The smallest absolute Gasteiger partial charge is 0.356 e. The van der Waals surface area contributed by atoms with Crippen LogP contribution in [0.4, 0.5) is 13.2 Å². The van der Waals surface area contributed by atoms with Gasteiger partial charge in [0.2, 0.25) is 11.8 Å². The highest BCUT2D eigenvalue weighted by molar-refractivity contribution is 5.97. The summed E-state index contributed by atoms with van der Waals surface area (Å²) in [7, 11) is 0. The molecule has 4 rings (SSSR count). The standard InChI is InChI=1S/C27H30F3N3O3/c1-17-3-5-19(6-4-17)15-33(16-27(28,29)30)24(35)18(2)32-23(34)21-7-8-22-14-26(10-9-20(22)13-21)11-12-31-25(26)36/h3-8,13,18H,9-12,14-16H2,1-2H3,(H,31,36)(H,32,34). The van der Waals surface area contributed by atoms with Crippen molar-refractivity contribution in [2.75, 3.05) is 13.1 Å². The Balaban J connectivity index is 1.44. The van der Waals surface area contributed by atoms with E-state index in [4.69, 9.17) is 0 Å². The highest BCUT2D eigenvalue weighted by atomic mass is 19.4. The van der Waals surface area contributed by atoms with Crippen molar-refractivity contribution < 1.29 is 27.6 Å². The van der Waals surface area contributed by atoms with E-state index in [-0.39, 0.29) is 17.9 Å². The molecule has 1 spiro atoms. The van der Waals surface area contributed by atoms with E-state index in [1.54, 1.807) is 36.4 Å². The largest absolute Gasteiger partial charge is 0.406 e. The molecule has 9 heteroatoms. The molecule has 2 unspecified atom stereocenters. The number of hydrogen-bond donors (Lipinski definition) is 2. The summed E-state index contributed by atoms with van der Waals surface area (Å²) in [5.74, 6) is -1.26. The van der Waals surface area contributed by atoms with Gasteiger partial charge < -0.3 is 15.5 Å². The van der Waals surface area contributed by atoms with E-state index in [2.05, 4.69) is 10.6 Å². The van der Waals surface area contributed by atoms with E-state index in [0.29, 0.717) is 41.8 Å². The molecule has 0 aromatic heterocycles. The van der Waals surface area contributed by atoms with Crippen molar-refractivity contribution >= 4 is 17.7 Å². The number of benzene rings is 2. The van der Waals surface area contributed by atoms with Crippen molar-refractivity contribution in [3.63, 3.8) is 0 Å². The van der Waals surface area contributed by atoms with Gasteiger partial charge in [-0.2, -0.15) is 13.2 Å². The molecule has 1 aliphatic heterocycles. The van der Waals surface area contributed by atoms with Gasteiger partial charge in [0.15, 0.2) is 0 Å². The van der Waals surface area contributed by atoms with Crippen LogP contribution in [0.15, 0.2) is 42.5 Å². The van der Waals surface area contributed by atoms with Crippen LogP contribution >= 0.6 is 0 Å². The zero-order chi connectivity index (χ0) is 26.1. The maximum absolute atomic E-state index is 13.2. The lowest BCUT2D eigenvalue weighted by Crippen LogP contribution is -2.49. The van der Waals surface area contributed by atoms with Crippen molar-refractivity contribution in [1.82, 2.24) is 15.5 Å². The Morgan fingerprint density at radius 1 is 1.11 bits per heavy atom. The Labute approximate surface area is 208 Å². The summed E-state index contributed by atoms with van der Waals surface area (Å²) in [4.78, 5) is 38.9. The summed E-state index contributed by atoms with van der Waals surface area (Å²) >= 11 is 0. The molecule has 2 aromatic carbocycles. The Morgan fingerprint density at radius 2 is 1.83 bits per heavy atom. The topological polar surface area (TPSA) is 78.5 Å². The Morgan fingerprint density at radius 3 is 2.47 bits per heavy atom. The Hall–Kier alpha value is -3.36. The van der Waals surface area contributed by atoms with Gasteiger partial charge in [-0.05, 0) is 68.4 Å². The van der Waals surface area contributed by atoms with Gasteiger partial charge in [-0.1, -0.05) is 35.9 Å². The number of hydrogen-bond acceptors (Lipinski definition) is 3. The molecule has 1 fully saturated rings. The quantitative estimate of drug-likeness (QED) is 0.634. The predicted molar refractivity (Wildman–Crippen MR) is 128 cm³/mol. The van der Waals surface area contributed by atoms with E-state index in [0.717, 1.165) is 23.1 Å². The van der Waals surface area contributed by atoms with Crippen molar-refractivity contribution in [3.05, 3.63) is 70.3 Å². The summed E-state index contributed by atoms with van der Waals surface area (Å²) in [5.41, 5.74) is 3.48. The average molecular weight is 502 g/mol. The second-order valence-corrected chi connectivity index (χ2v) is 9.94. The fourth-order valence-electron chi connectivity index (χ4n) is 5.08. The van der Waals surface area contributed by atoms with Crippen molar-refractivity contribution in [2.45, 2.75) is 58.3 Å². The summed E-state index contributed by atoms with van der Waals surface area (Å²) in [5, 5.41) is 5.46. The summed E-state index contributed by atoms with van der Waals surface area (Å²) < 4.78 is 39.6. The van der Waals surface area contributed by atoms with Crippen molar-refractivity contribution in [1.29, 1.82) is 0 Å². The number of nitrogens with one attached hydrogen (secondary N) is 2. The van der Waals surface area contributed by atoms with E-state index < -0.39 is 30.6 Å². The highest BCUT2D eigenvalue weighted by Gasteiger charge is 2.44. The molecule has 3 amide bonds. The van der Waals surface area contributed by atoms with Crippen LogP contribution in [0.25, 0.3) is 0 Å². The molecule has 1 aliphatic carbocycles. The van der Waals surface area contributed by atoms with Crippen LogP contribution < -0.4 is 10.6 Å². The van der Waals surface area contributed by atoms with Gasteiger partial charge in [0.25, 0.3) is 5.91 Å². The van der Waals surface area contributed by atoms with E-state index in [1.165, 1.54) is 6.92 Å². The molecule has 2 N–H and O–H groups in total. The molecule has 2 aromatic rings. The number of fused-ring (bicyclic) bond motifs is 1. The van der Waals surface area contributed by atoms with Gasteiger partial charge in [0.1, 0.15) is 12.6 Å². The van der Waals surface area contributed by atoms with Crippen LogP contribution in [0.3, 0.4) is 0 Å². The monoisotopic (exact) mass is 501 g/mol. The third kappa shape index (κ3) is 5.71. The zero-order valence-corrected chi connectivity index (χ0v) is 20.4. The van der Waals surface area contributed by atoms with Gasteiger partial charge >= 0.3 is 6.18 Å². The first-order valence-corrected chi connectivity index (χ1v) is 12.1. The lowest BCUT2D eigenvalue weighted by molar-refractivity contribution is -0.163. The average Bonchev–Trinajstić information content (AvgIpc) is 3.17. The third-order valence-corrected chi connectivity index (χ3v) is 7.13. The number of rotatable bonds is 6. The van der Waals surface area contributed by atoms with E-state index in [9.17, 15) is 27.6 Å². The lowest BCUT2D eigenvalue weighted by Gasteiger charge is -2.32. The first kappa shape index (κ1) is 25.7. The van der Waals surface area contributed by atoms with Gasteiger partial charge in [0, 0.05) is 18.7 Å². The first-order chi connectivity index (χ1) is 17.0. The van der Waals surface area contributed by atoms with E-state index in [1.807, 2.05) is 13.0 Å². The molecule has 0 radical (unpaired) electrons. The van der Waals surface area contributed by atoms with Gasteiger partial charge in [-0.3, -0.25) is 14.4 Å². The molecule has 36 heavy (non-hydrogen) atoms. The number of aryl methyl sites for hydroxylation is 2. The first-order valence-electron chi connectivity index (χ1n) is 12.1. The van der Waals surface area contributed by atoms with E-state index >= 15 is 0 Å². The second-order valence-electron chi connectivity index (χ2n) is 9.94. The second kappa shape index (κ2) is 9.95. The fourth-order valence-corrected chi connectivity index (χ4v) is 5.08. The van der Waals surface area contributed by atoms with Crippen LogP contribution in [0.2, 0.25) is 0 Å². The minimum Gasteiger partial charge on any atom is -0.356 e. The molecule has 1 heterocycles. The molecular formula is C27H30F3N3O3. The summed E-state index contributed by atoms with van der Waals surface area (Å²) in [6.07, 6.45) is -1.79. The molecule has 2 aliphatic rings. The highest BCUT2D eigenvalue weighted by Crippen LogP contribution is 2.41. The minimum absolute atomic E-state index is 0.0800. The molecule has 192 valence electrons. The van der Waals surface area contributed by atoms with Crippen LogP contribution in [-0.4, -0.2) is 47.9 Å². The molecule has 1 saturated heterocycles. The Bertz CT molecular complexity index is 1160. The number of carbonyl (C=O) groups excluding carboxylic acids is 3. The molecule has 2 atom stereocenters. The zero-order valence-electron chi connectivity index (χ0n) is 20.4. The maximum Gasteiger partial charge on any atom is 0.406 e. The molecular weight excluding hydrogens is 471 g/mol. The predicted octanol–water partition coefficient (Wildman–Crippen LogP) is 3.70. The molecule has 6 nitrogen and oxygen atoms in total. The number of alkyl halides is 3. The third-order valence-electron chi connectivity index (χ3n) is 7.13. The van der Waals surface area contributed by atoms with Gasteiger partial charge in [-0.25, -0.2) is 0 Å². The maximum atomic E-state index is 13.2. The SMILES string of the molecule is Cc1ccc(CN(CC(F)(F)F)C(=O)C(C)NC(=O)c2ccc3c(c2)CCC2(CCNC2=O)C3)cc1. The number of amides is 3. The molecule has 0 bridgehead atoms. The minimum atomic E-state index is -4.57. The molecule has 0 saturated carbocycles. The summed E-state index contributed by atoms with van der Waals surface area (Å²) in [6.45, 7) is 2.31. The van der Waals surface area contributed by atoms with Gasteiger partial charge in [0.05, 0.1) is 5.41 Å². The van der Waals surface area contributed by atoms with Crippen LogP contribution in [0.5, 0.6) is 0 Å². The number of halogens is 3. The Kier molecular flexibility index (Phi) is 7.11. The lowest BCUT2D eigenvalue weighted by atomic mass is 9.70. The normalized spacial score (nSPS) is 20.0.